The number of aromatic nitrogens is 2. The zero-order chi connectivity index (χ0) is 27.3. The number of ether oxygens (including phenoxy) is 4. The number of carbonyl (C=O) groups is 2. The number of anilines is 1. The van der Waals surface area contributed by atoms with Gasteiger partial charge in [-0.3, -0.25) is 24.6 Å². The number of nitrogens with one attached hydrogen (secondary N) is 2. The molecule has 3 rings (SSSR count). The van der Waals surface area contributed by atoms with Gasteiger partial charge in [0.15, 0.2) is 0 Å². The van der Waals surface area contributed by atoms with E-state index >= 15 is 0 Å². The zero-order valence-electron chi connectivity index (χ0n) is 21.8. The molecule has 14 heteroatoms. The maximum atomic E-state index is 13.0. The fourth-order valence-electron chi connectivity index (χ4n) is 3.89. The number of hydrogen-bond acceptors (Lipinski definition) is 9. The average Bonchev–Trinajstić information content (AvgIpc) is 3.50. The van der Waals surface area contributed by atoms with Gasteiger partial charge in [0.05, 0.1) is 63.1 Å². The Hall–Kier alpha value is -3.30. The third kappa shape index (κ3) is 8.92. The summed E-state index contributed by atoms with van der Waals surface area (Å²) in [7, 11) is 3.29. The van der Waals surface area contributed by atoms with Gasteiger partial charge >= 0.3 is 0 Å². The van der Waals surface area contributed by atoms with Crippen molar-refractivity contribution in [1.82, 2.24) is 19.4 Å². The molecule has 2 amide bonds. The molecule has 0 aromatic carbocycles. The molecule has 0 bridgehead atoms. The highest BCUT2D eigenvalue weighted by molar-refractivity contribution is 6.04. The zero-order valence-corrected chi connectivity index (χ0v) is 21.8. The van der Waals surface area contributed by atoms with E-state index in [1.165, 1.54) is 16.8 Å². The molecule has 38 heavy (non-hydrogen) atoms. The topological polar surface area (TPSA) is 151 Å². The number of aryl methyl sites for hydroxylation is 1. The number of hydrogen-bond donors (Lipinski definition) is 2. The van der Waals surface area contributed by atoms with Gasteiger partial charge in [0, 0.05) is 59.1 Å². The van der Waals surface area contributed by atoms with Crippen LogP contribution >= 0.6 is 0 Å². The minimum absolute atomic E-state index is 0.108. The summed E-state index contributed by atoms with van der Waals surface area (Å²) in [4.78, 5) is 38.6. The van der Waals surface area contributed by atoms with E-state index < -0.39 is 10.8 Å². The number of amides is 2. The largest absolute Gasteiger partial charge is 0.382 e. The van der Waals surface area contributed by atoms with Gasteiger partial charge < -0.3 is 38.7 Å². The molecule has 2 aromatic heterocycles. The Kier molecular flexibility index (Phi) is 11.7. The van der Waals surface area contributed by atoms with Crippen molar-refractivity contribution in [3.63, 3.8) is 0 Å². The Morgan fingerprint density at radius 3 is 2.42 bits per heavy atom. The lowest BCUT2D eigenvalue weighted by atomic mass is 10.3. The van der Waals surface area contributed by atoms with E-state index in [0.717, 1.165) is 19.6 Å². The maximum absolute atomic E-state index is 13.0. The van der Waals surface area contributed by atoms with Crippen LogP contribution < -0.4 is 10.6 Å². The van der Waals surface area contributed by atoms with Crippen molar-refractivity contribution in [2.45, 2.75) is 6.54 Å². The molecule has 0 spiro atoms. The lowest BCUT2D eigenvalue weighted by Gasteiger charge is -2.26. The first kappa shape index (κ1) is 29.3. The van der Waals surface area contributed by atoms with Gasteiger partial charge in [0.2, 0.25) is 0 Å². The van der Waals surface area contributed by atoms with Crippen molar-refractivity contribution in [2.75, 3.05) is 84.9 Å². The summed E-state index contributed by atoms with van der Waals surface area (Å²) in [5, 5.41) is 16.9. The van der Waals surface area contributed by atoms with Crippen LogP contribution in [0, 0.1) is 10.1 Å². The molecule has 1 fully saturated rings. The van der Waals surface area contributed by atoms with Gasteiger partial charge in [-0.05, 0) is 6.07 Å². The molecule has 2 N–H and O–H groups in total. The van der Waals surface area contributed by atoms with E-state index in [0.29, 0.717) is 57.6 Å². The van der Waals surface area contributed by atoms with Crippen molar-refractivity contribution < 1.29 is 33.5 Å². The summed E-state index contributed by atoms with van der Waals surface area (Å²) in [5.74, 6) is -0.797. The van der Waals surface area contributed by atoms with Crippen LogP contribution in [0.2, 0.25) is 0 Å². The first-order chi connectivity index (χ1) is 18.4. The van der Waals surface area contributed by atoms with E-state index in [-0.39, 0.29) is 30.4 Å². The summed E-state index contributed by atoms with van der Waals surface area (Å²) in [6.45, 7) is 6.44. The monoisotopic (exact) mass is 536 g/mol. The predicted octanol–water partition coefficient (Wildman–Crippen LogP) is 0.729. The third-order valence-electron chi connectivity index (χ3n) is 5.92. The summed E-state index contributed by atoms with van der Waals surface area (Å²) in [6.07, 6.45) is 2.91. The van der Waals surface area contributed by atoms with Gasteiger partial charge in [-0.2, -0.15) is 0 Å². The third-order valence-corrected chi connectivity index (χ3v) is 5.92. The molecule has 1 aliphatic rings. The van der Waals surface area contributed by atoms with E-state index in [9.17, 15) is 19.7 Å². The van der Waals surface area contributed by atoms with Crippen LogP contribution in [0.25, 0.3) is 0 Å². The number of nitrogens with zero attached hydrogens (tertiary/aromatic N) is 4. The molecule has 2 aromatic rings. The van der Waals surface area contributed by atoms with Gasteiger partial charge in [-0.25, -0.2) is 0 Å². The molecule has 14 nitrogen and oxygen atoms in total. The number of methoxy groups -OCH3 is 1. The average molecular weight is 537 g/mol. The SMILES string of the molecule is COCCOCCOCCn1cc([N+](=O)[O-])cc1C(=O)Nc1cc(C(=O)NCCN2CCOCC2)n(C)c1. The normalized spacial score (nSPS) is 13.9. The van der Waals surface area contributed by atoms with E-state index in [4.69, 9.17) is 18.9 Å². The molecule has 210 valence electrons. The number of rotatable bonds is 16. The van der Waals surface area contributed by atoms with Gasteiger partial charge in [-0.15, -0.1) is 0 Å². The molecular formula is C24H36N6O8. The summed E-state index contributed by atoms with van der Waals surface area (Å²) in [6, 6.07) is 2.78. The number of morpholine rings is 1. The van der Waals surface area contributed by atoms with E-state index in [1.807, 2.05) is 0 Å². The highest BCUT2D eigenvalue weighted by Crippen LogP contribution is 2.19. The van der Waals surface area contributed by atoms with Crippen LogP contribution in [-0.4, -0.2) is 110 Å². The van der Waals surface area contributed by atoms with Crippen LogP contribution in [0.5, 0.6) is 0 Å². The molecule has 0 unspecified atom stereocenters. The van der Waals surface area contributed by atoms with Gasteiger partial charge in [-0.1, -0.05) is 0 Å². The van der Waals surface area contributed by atoms with Crippen LogP contribution in [0.4, 0.5) is 11.4 Å². The first-order valence-corrected chi connectivity index (χ1v) is 12.4. The fourth-order valence-corrected chi connectivity index (χ4v) is 3.89. The summed E-state index contributed by atoms with van der Waals surface area (Å²) >= 11 is 0. The van der Waals surface area contributed by atoms with Gasteiger partial charge in [0.1, 0.15) is 11.4 Å². The molecule has 0 radical (unpaired) electrons. The van der Waals surface area contributed by atoms with Crippen molar-refractivity contribution in [1.29, 1.82) is 0 Å². The van der Waals surface area contributed by atoms with Crippen molar-refractivity contribution in [3.8, 4) is 0 Å². The second-order valence-electron chi connectivity index (χ2n) is 8.64. The fraction of sp³-hybridized carbons (Fsp3) is 0.583. The lowest BCUT2D eigenvalue weighted by Crippen LogP contribution is -2.41. The smallest absolute Gasteiger partial charge is 0.287 e. The number of carbonyl (C=O) groups excluding carboxylic acids is 2. The van der Waals surface area contributed by atoms with Crippen molar-refractivity contribution >= 4 is 23.2 Å². The Labute approximate surface area is 220 Å². The Balaban J connectivity index is 1.53. The molecule has 0 aliphatic carbocycles. The van der Waals surface area contributed by atoms with E-state index in [1.54, 1.807) is 31.0 Å². The predicted molar refractivity (Wildman–Crippen MR) is 138 cm³/mol. The lowest BCUT2D eigenvalue weighted by molar-refractivity contribution is -0.384. The number of nitro groups is 1. The highest BCUT2D eigenvalue weighted by Gasteiger charge is 2.21. The van der Waals surface area contributed by atoms with Crippen LogP contribution in [0.15, 0.2) is 24.5 Å². The van der Waals surface area contributed by atoms with Crippen molar-refractivity contribution in [2.24, 2.45) is 7.05 Å². The molecule has 1 saturated heterocycles. The first-order valence-electron chi connectivity index (χ1n) is 12.4. The van der Waals surface area contributed by atoms with Crippen LogP contribution in [0.3, 0.4) is 0 Å². The Bertz CT molecular complexity index is 1060. The maximum Gasteiger partial charge on any atom is 0.287 e. The Morgan fingerprint density at radius 2 is 1.71 bits per heavy atom. The quantitative estimate of drug-likeness (QED) is 0.180. The minimum Gasteiger partial charge on any atom is -0.382 e. The molecule has 0 atom stereocenters. The molecular weight excluding hydrogens is 500 g/mol. The molecule has 0 saturated carbocycles. The standard InChI is InChI=1S/C24H36N6O8/c1-27-17-19(15-21(27)23(31)25-3-4-28-5-8-36-9-6-28)26-24(32)22-16-20(30(33)34)18-29(22)7-10-37-13-14-38-12-11-35-2/h15-18H,3-14H2,1-2H3,(H,25,31)(H,26,32). The highest BCUT2D eigenvalue weighted by atomic mass is 16.6. The van der Waals surface area contributed by atoms with E-state index in [2.05, 4.69) is 15.5 Å². The second-order valence-corrected chi connectivity index (χ2v) is 8.64. The summed E-state index contributed by atoms with van der Waals surface area (Å²) in [5.41, 5.74) is 0.684. The summed E-state index contributed by atoms with van der Waals surface area (Å²) < 4.78 is 24.1. The Morgan fingerprint density at radius 1 is 1.00 bits per heavy atom. The van der Waals surface area contributed by atoms with Crippen LogP contribution in [0.1, 0.15) is 21.0 Å². The van der Waals surface area contributed by atoms with Gasteiger partial charge in [0.25, 0.3) is 17.5 Å². The molecule has 1 aliphatic heterocycles. The minimum atomic E-state index is -0.556. The van der Waals surface area contributed by atoms with Crippen LogP contribution in [-0.2, 0) is 32.5 Å². The van der Waals surface area contributed by atoms with Crippen molar-refractivity contribution in [3.05, 3.63) is 46.0 Å². The second kappa shape index (κ2) is 15.2. The molecule has 3 heterocycles.